The van der Waals surface area contributed by atoms with Crippen LogP contribution < -0.4 is 15.8 Å². The number of hydrogen-bond acceptors (Lipinski definition) is 7. The van der Waals surface area contributed by atoms with E-state index in [2.05, 4.69) is 20.5 Å². The van der Waals surface area contributed by atoms with E-state index in [-0.39, 0.29) is 23.6 Å². The molecule has 3 fully saturated rings. The largest absolute Gasteiger partial charge is 0.391 e. The lowest BCUT2D eigenvalue weighted by atomic mass is 10.0. The number of piperidine rings is 1. The second kappa shape index (κ2) is 8.45. The number of aromatic nitrogens is 3. The van der Waals surface area contributed by atoms with Gasteiger partial charge in [0.05, 0.1) is 12.1 Å². The average molecular weight is 428 g/mol. The number of aliphatic hydroxyl groups excluding tert-OH is 1. The van der Waals surface area contributed by atoms with E-state index in [0.29, 0.717) is 24.6 Å². The number of carbonyl (C=O) groups is 1. The maximum atomic E-state index is 12.6. The first kappa shape index (κ1) is 20.2. The van der Waals surface area contributed by atoms with Gasteiger partial charge in [0.1, 0.15) is 11.6 Å². The van der Waals surface area contributed by atoms with E-state index in [0.717, 1.165) is 63.1 Å². The summed E-state index contributed by atoms with van der Waals surface area (Å²) in [6.07, 6.45) is 7.06. The van der Waals surface area contributed by atoms with Crippen LogP contribution in [0.1, 0.15) is 79.6 Å². The molecule has 0 bridgehead atoms. The SMILES string of the molecule is O=C(NCC1CCCCN1c1ccc(=O)n(C2CCCC2O)n1)c1cc(C2CC2)on1. The third kappa shape index (κ3) is 4.23. The summed E-state index contributed by atoms with van der Waals surface area (Å²) >= 11 is 0. The first-order chi connectivity index (χ1) is 15.1. The Morgan fingerprint density at radius 3 is 2.81 bits per heavy atom. The quantitative estimate of drug-likeness (QED) is 0.725. The molecule has 3 aliphatic rings. The number of nitrogens with zero attached hydrogens (tertiary/aromatic N) is 4. The Hall–Kier alpha value is -2.68. The first-order valence-electron chi connectivity index (χ1n) is 11.4. The molecule has 31 heavy (non-hydrogen) atoms. The predicted octanol–water partition coefficient (Wildman–Crippen LogP) is 1.98. The third-order valence-electron chi connectivity index (χ3n) is 6.73. The molecule has 9 heteroatoms. The van der Waals surface area contributed by atoms with Crippen molar-refractivity contribution in [1.29, 1.82) is 0 Å². The lowest BCUT2D eigenvalue weighted by Crippen LogP contribution is -2.48. The first-order valence-corrected chi connectivity index (χ1v) is 11.4. The molecule has 0 aromatic carbocycles. The summed E-state index contributed by atoms with van der Waals surface area (Å²) in [5, 5.41) is 21.8. The van der Waals surface area contributed by atoms with E-state index in [1.54, 1.807) is 12.1 Å². The monoisotopic (exact) mass is 427 g/mol. The van der Waals surface area contributed by atoms with Crippen LogP contribution in [0.2, 0.25) is 0 Å². The highest BCUT2D eigenvalue weighted by atomic mass is 16.5. The number of amides is 1. The lowest BCUT2D eigenvalue weighted by Gasteiger charge is -2.37. The van der Waals surface area contributed by atoms with Gasteiger partial charge < -0.3 is 19.8 Å². The third-order valence-corrected chi connectivity index (χ3v) is 6.73. The fourth-order valence-electron chi connectivity index (χ4n) is 4.78. The molecular weight excluding hydrogens is 398 g/mol. The van der Waals surface area contributed by atoms with Crippen LogP contribution in [-0.2, 0) is 0 Å². The van der Waals surface area contributed by atoms with Gasteiger partial charge in [0.2, 0.25) is 0 Å². The van der Waals surface area contributed by atoms with Gasteiger partial charge in [-0.15, -0.1) is 0 Å². The summed E-state index contributed by atoms with van der Waals surface area (Å²) in [6, 6.07) is 4.85. The minimum atomic E-state index is -0.528. The van der Waals surface area contributed by atoms with Crippen molar-refractivity contribution in [2.75, 3.05) is 18.0 Å². The van der Waals surface area contributed by atoms with Gasteiger partial charge in [-0.05, 0) is 57.4 Å². The molecule has 2 aromatic heterocycles. The molecule has 166 valence electrons. The van der Waals surface area contributed by atoms with Crippen molar-refractivity contribution in [2.45, 2.75) is 75.5 Å². The second-order valence-electron chi connectivity index (χ2n) is 8.98. The summed E-state index contributed by atoms with van der Waals surface area (Å²) in [7, 11) is 0. The zero-order valence-corrected chi connectivity index (χ0v) is 17.6. The van der Waals surface area contributed by atoms with Crippen LogP contribution in [0.3, 0.4) is 0 Å². The highest BCUT2D eigenvalue weighted by Gasteiger charge is 2.31. The molecule has 3 heterocycles. The molecule has 2 saturated carbocycles. The Labute approximate surface area is 180 Å². The Balaban J connectivity index is 1.29. The van der Waals surface area contributed by atoms with Crippen LogP contribution in [-0.4, -0.2) is 51.2 Å². The Morgan fingerprint density at radius 1 is 1.16 bits per heavy atom. The molecule has 0 radical (unpaired) electrons. The van der Waals surface area contributed by atoms with Crippen LogP contribution in [0.15, 0.2) is 27.5 Å². The molecule has 0 spiro atoms. The summed E-state index contributed by atoms with van der Waals surface area (Å²) in [6.45, 7) is 1.28. The van der Waals surface area contributed by atoms with Crippen molar-refractivity contribution in [3.05, 3.63) is 40.0 Å². The maximum absolute atomic E-state index is 12.6. The normalized spacial score (nSPS) is 26.2. The smallest absolute Gasteiger partial charge is 0.273 e. The molecule has 9 nitrogen and oxygen atoms in total. The van der Waals surface area contributed by atoms with Crippen LogP contribution in [0.4, 0.5) is 5.82 Å². The van der Waals surface area contributed by atoms with Crippen LogP contribution >= 0.6 is 0 Å². The van der Waals surface area contributed by atoms with Gasteiger partial charge in [-0.3, -0.25) is 9.59 Å². The van der Waals surface area contributed by atoms with Crippen LogP contribution in [0.25, 0.3) is 0 Å². The zero-order valence-electron chi connectivity index (χ0n) is 17.6. The fraction of sp³-hybridized carbons (Fsp3) is 0.636. The van der Waals surface area contributed by atoms with Gasteiger partial charge in [0.15, 0.2) is 5.69 Å². The molecule has 1 saturated heterocycles. The number of hydrogen-bond donors (Lipinski definition) is 2. The maximum Gasteiger partial charge on any atom is 0.273 e. The molecular formula is C22H29N5O4. The van der Waals surface area contributed by atoms with E-state index < -0.39 is 6.10 Å². The van der Waals surface area contributed by atoms with E-state index in [1.165, 1.54) is 10.7 Å². The van der Waals surface area contributed by atoms with Gasteiger partial charge in [-0.25, -0.2) is 4.68 Å². The van der Waals surface area contributed by atoms with Gasteiger partial charge in [0.25, 0.3) is 11.5 Å². The molecule has 3 atom stereocenters. The second-order valence-corrected chi connectivity index (χ2v) is 8.98. The van der Waals surface area contributed by atoms with Gasteiger partial charge in [-0.1, -0.05) is 5.16 Å². The molecule has 1 aliphatic heterocycles. The zero-order chi connectivity index (χ0) is 21.4. The molecule has 1 amide bonds. The number of aliphatic hydroxyl groups is 1. The number of anilines is 1. The van der Waals surface area contributed by atoms with Gasteiger partial charge in [0, 0.05) is 37.2 Å². The highest BCUT2D eigenvalue weighted by Crippen LogP contribution is 2.40. The number of carbonyl (C=O) groups excluding carboxylic acids is 1. The minimum Gasteiger partial charge on any atom is -0.391 e. The molecule has 2 aliphatic carbocycles. The van der Waals surface area contributed by atoms with Gasteiger partial charge >= 0.3 is 0 Å². The topological polar surface area (TPSA) is 113 Å². The van der Waals surface area contributed by atoms with E-state index >= 15 is 0 Å². The summed E-state index contributed by atoms with van der Waals surface area (Å²) in [4.78, 5) is 27.1. The van der Waals surface area contributed by atoms with Crippen LogP contribution in [0, 0.1) is 0 Å². The number of rotatable bonds is 6. The van der Waals surface area contributed by atoms with Crippen molar-refractivity contribution < 1.29 is 14.4 Å². The molecule has 2 N–H and O–H groups in total. The van der Waals surface area contributed by atoms with Crippen molar-refractivity contribution in [2.24, 2.45) is 0 Å². The Morgan fingerprint density at radius 2 is 2.03 bits per heavy atom. The average Bonchev–Trinajstić information content (AvgIpc) is 3.36. The van der Waals surface area contributed by atoms with Crippen molar-refractivity contribution in [3.8, 4) is 0 Å². The fourth-order valence-corrected chi connectivity index (χ4v) is 4.78. The summed E-state index contributed by atoms with van der Waals surface area (Å²) in [5.74, 6) is 1.70. The van der Waals surface area contributed by atoms with Gasteiger partial charge in [-0.2, -0.15) is 5.10 Å². The number of nitrogens with one attached hydrogen (secondary N) is 1. The van der Waals surface area contributed by atoms with E-state index in [1.807, 2.05) is 0 Å². The minimum absolute atomic E-state index is 0.0828. The molecule has 3 unspecified atom stereocenters. The van der Waals surface area contributed by atoms with Crippen molar-refractivity contribution in [1.82, 2.24) is 20.3 Å². The van der Waals surface area contributed by atoms with Crippen molar-refractivity contribution in [3.63, 3.8) is 0 Å². The Kier molecular flexibility index (Phi) is 5.52. The summed E-state index contributed by atoms with van der Waals surface area (Å²) < 4.78 is 6.74. The summed E-state index contributed by atoms with van der Waals surface area (Å²) in [5.41, 5.74) is 0.139. The Bertz CT molecular complexity index is 998. The van der Waals surface area contributed by atoms with Crippen molar-refractivity contribution >= 4 is 11.7 Å². The van der Waals surface area contributed by atoms with Crippen LogP contribution in [0.5, 0.6) is 0 Å². The standard InChI is InChI=1S/C22H29N5O4/c28-18-6-3-5-17(18)27-21(29)10-9-20(24-27)26-11-2-1-4-15(26)13-23-22(30)16-12-19(31-25-16)14-7-8-14/h9-10,12,14-15,17-18,28H,1-8,11,13H2,(H,23,30). The van der Waals surface area contributed by atoms with E-state index in [9.17, 15) is 14.7 Å². The highest BCUT2D eigenvalue weighted by molar-refractivity contribution is 5.92. The lowest BCUT2D eigenvalue weighted by molar-refractivity contribution is 0.0940. The van der Waals surface area contributed by atoms with E-state index in [4.69, 9.17) is 4.52 Å². The molecule has 5 rings (SSSR count). The predicted molar refractivity (Wildman–Crippen MR) is 113 cm³/mol. The molecule has 2 aromatic rings.